The minimum Gasteiger partial charge on any atom is -0.501 e. The molecule has 1 atom stereocenters. The number of hydrogen-bond acceptors (Lipinski definition) is 3. The first-order valence-corrected chi connectivity index (χ1v) is 22.1. The number of aromatic nitrogens is 2. The van der Waals surface area contributed by atoms with Gasteiger partial charge in [0.25, 0.3) is 0 Å². The van der Waals surface area contributed by atoms with Gasteiger partial charge >= 0.3 is 0 Å². The molecular formula is C49H46IrN2OSi-2. The molecule has 0 aliphatic rings. The van der Waals surface area contributed by atoms with E-state index in [0.29, 0.717) is 5.92 Å². The first kappa shape index (κ1) is 38.8. The van der Waals surface area contributed by atoms with E-state index in [1.54, 1.807) is 0 Å². The smallest absolute Gasteiger partial charge is 0.121 e. The van der Waals surface area contributed by atoms with Gasteiger partial charge in [-0.15, -0.1) is 54.1 Å². The normalized spacial score (nSPS) is 11.9. The van der Waals surface area contributed by atoms with Gasteiger partial charge in [-0.25, -0.2) is 0 Å². The number of pyridine rings is 2. The van der Waals surface area contributed by atoms with Crippen molar-refractivity contribution in [3.8, 4) is 33.6 Å². The standard InChI is InChI=1S/C31H22NO.C18H24NSi.Ir/c1-21(22-9-4-2-5-10-22)24-17-18-32-29(19-24)28-14-8-13-27-26-16-15-25(20-30(26)33-31(27)28)23-11-6-3-7-12-23;1-14(2)11-16-12-17(15-9-7-6-8-10-15)19-13-18(16)20(3,4)5;/h2-13,15-21H,1H3;6-9,12-14H,11H2,1-5H3;/q2*-1;. The van der Waals surface area contributed by atoms with Crippen LogP contribution in [-0.2, 0) is 26.5 Å². The van der Waals surface area contributed by atoms with E-state index in [0.717, 1.165) is 56.4 Å². The minimum absolute atomic E-state index is 0. The van der Waals surface area contributed by atoms with Crippen molar-refractivity contribution in [2.45, 2.75) is 52.8 Å². The predicted octanol–water partition coefficient (Wildman–Crippen LogP) is 12.6. The average molecular weight is 899 g/mol. The molecule has 8 aromatic rings. The first-order chi connectivity index (χ1) is 25.7. The van der Waals surface area contributed by atoms with Gasteiger partial charge in [0.15, 0.2) is 0 Å². The molecule has 1 radical (unpaired) electrons. The number of fused-ring (bicyclic) bond motifs is 3. The maximum atomic E-state index is 6.41. The number of rotatable bonds is 8. The van der Waals surface area contributed by atoms with E-state index >= 15 is 0 Å². The molecule has 5 heteroatoms. The molecule has 5 aromatic carbocycles. The van der Waals surface area contributed by atoms with Crippen molar-refractivity contribution in [3.05, 3.63) is 175 Å². The van der Waals surface area contributed by atoms with Gasteiger partial charge in [-0.3, -0.25) is 0 Å². The Morgan fingerprint density at radius 3 is 2.09 bits per heavy atom. The zero-order valence-corrected chi connectivity index (χ0v) is 35.2. The van der Waals surface area contributed by atoms with Crippen molar-refractivity contribution in [3.63, 3.8) is 0 Å². The Morgan fingerprint density at radius 1 is 0.648 bits per heavy atom. The summed E-state index contributed by atoms with van der Waals surface area (Å²) >= 11 is 0. The Balaban J connectivity index is 0.000000205. The second kappa shape index (κ2) is 17.0. The molecule has 8 rings (SSSR count). The van der Waals surface area contributed by atoms with Gasteiger partial charge in [0.05, 0.1) is 13.7 Å². The molecule has 0 bridgehead atoms. The summed E-state index contributed by atoms with van der Waals surface area (Å²) < 4.78 is 6.41. The van der Waals surface area contributed by atoms with Crippen LogP contribution >= 0.6 is 0 Å². The van der Waals surface area contributed by atoms with E-state index in [1.807, 2.05) is 36.5 Å². The fraction of sp³-hybridized carbons (Fsp3) is 0.184. The summed E-state index contributed by atoms with van der Waals surface area (Å²) in [6, 6.07) is 52.6. The van der Waals surface area contributed by atoms with Gasteiger partial charge in [-0.05, 0) is 63.3 Å². The maximum Gasteiger partial charge on any atom is 0.121 e. The van der Waals surface area contributed by atoms with Gasteiger partial charge in [-0.2, -0.15) is 0 Å². The molecule has 3 nitrogen and oxygen atoms in total. The third-order valence-electron chi connectivity index (χ3n) is 9.79. The Kier molecular flexibility index (Phi) is 12.2. The van der Waals surface area contributed by atoms with Crippen molar-refractivity contribution >= 4 is 35.2 Å². The summed E-state index contributed by atoms with van der Waals surface area (Å²) in [5, 5.41) is 3.68. The Hall–Kier alpha value is -4.93. The molecule has 0 amide bonds. The second-order valence-electron chi connectivity index (χ2n) is 15.2. The van der Waals surface area contributed by atoms with E-state index in [2.05, 4.69) is 172 Å². The van der Waals surface area contributed by atoms with Crippen LogP contribution in [-0.4, -0.2) is 18.0 Å². The minimum atomic E-state index is -1.34. The third-order valence-corrected chi connectivity index (χ3v) is 11.9. The molecule has 0 N–H and O–H groups in total. The molecule has 0 saturated carbocycles. The van der Waals surface area contributed by atoms with Gasteiger partial charge in [0, 0.05) is 43.8 Å². The van der Waals surface area contributed by atoms with Crippen LogP contribution in [0, 0.1) is 18.1 Å². The molecule has 0 aliphatic carbocycles. The van der Waals surface area contributed by atoms with Crippen molar-refractivity contribution in [2.75, 3.05) is 0 Å². The summed E-state index contributed by atoms with van der Waals surface area (Å²) in [5.41, 5.74) is 11.9. The largest absolute Gasteiger partial charge is 0.501 e. The monoisotopic (exact) mass is 899 g/mol. The molecule has 1 unspecified atom stereocenters. The van der Waals surface area contributed by atoms with Crippen LogP contribution < -0.4 is 5.19 Å². The summed E-state index contributed by atoms with van der Waals surface area (Å²) in [6.07, 6.45) is 5.12. The van der Waals surface area contributed by atoms with E-state index in [4.69, 9.17) is 4.42 Å². The van der Waals surface area contributed by atoms with Gasteiger partial charge < -0.3 is 14.4 Å². The molecule has 0 aliphatic heterocycles. The molecule has 0 spiro atoms. The first-order valence-electron chi connectivity index (χ1n) is 18.6. The predicted molar refractivity (Wildman–Crippen MR) is 225 cm³/mol. The van der Waals surface area contributed by atoms with Crippen LogP contribution in [0.25, 0.3) is 55.6 Å². The van der Waals surface area contributed by atoms with E-state index in [9.17, 15) is 0 Å². The SMILES string of the molecule is CC(C)Cc1cc(-c2[c-]cccc2)ncc1[Si](C)(C)C.CC(c1ccccc1)c1ccnc(-c2[c-]ccc3c2oc2cc(-c4ccccc4)ccc23)c1.[Ir]. The fourth-order valence-corrected chi connectivity index (χ4v) is 8.60. The van der Waals surface area contributed by atoms with Crippen molar-refractivity contribution in [1.29, 1.82) is 0 Å². The van der Waals surface area contributed by atoms with Crippen LogP contribution in [0.4, 0.5) is 0 Å². The molecular weight excluding hydrogens is 853 g/mol. The number of nitrogens with zero attached hydrogens (tertiary/aromatic N) is 2. The summed E-state index contributed by atoms with van der Waals surface area (Å²) in [4.78, 5) is 9.37. The number of furan rings is 1. The van der Waals surface area contributed by atoms with E-state index < -0.39 is 8.07 Å². The molecule has 54 heavy (non-hydrogen) atoms. The summed E-state index contributed by atoms with van der Waals surface area (Å²) in [6.45, 7) is 14.0. The average Bonchev–Trinajstić information content (AvgIpc) is 3.56. The topological polar surface area (TPSA) is 38.9 Å². The zero-order chi connectivity index (χ0) is 37.0. The molecule has 0 fully saturated rings. The summed E-state index contributed by atoms with van der Waals surface area (Å²) in [7, 11) is -1.34. The quantitative estimate of drug-likeness (QED) is 0.113. The van der Waals surface area contributed by atoms with Crippen LogP contribution in [0.15, 0.2) is 150 Å². The Morgan fingerprint density at radius 2 is 1.39 bits per heavy atom. The van der Waals surface area contributed by atoms with Crippen LogP contribution in [0.3, 0.4) is 0 Å². The third kappa shape index (κ3) is 8.71. The number of benzene rings is 5. The van der Waals surface area contributed by atoms with Gasteiger partial charge in [0.2, 0.25) is 0 Å². The molecule has 0 saturated heterocycles. The number of hydrogen-bond donors (Lipinski definition) is 0. The molecule has 3 aromatic heterocycles. The Bertz CT molecular complexity index is 2450. The molecule has 3 heterocycles. The van der Waals surface area contributed by atoms with Crippen molar-refractivity contribution in [1.82, 2.24) is 9.97 Å². The van der Waals surface area contributed by atoms with Crippen LogP contribution in [0.1, 0.15) is 43.4 Å². The van der Waals surface area contributed by atoms with E-state index in [-0.39, 0.29) is 26.0 Å². The Labute approximate surface area is 334 Å². The zero-order valence-electron chi connectivity index (χ0n) is 31.9. The summed E-state index contributed by atoms with van der Waals surface area (Å²) in [5.74, 6) is 0.941. The maximum absolute atomic E-state index is 6.41. The van der Waals surface area contributed by atoms with Crippen molar-refractivity contribution < 1.29 is 24.5 Å². The van der Waals surface area contributed by atoms with Crippen LogP contribution in [0.2, 0.25) is 19.6 Å². The fourth-order valence-electron chi connectivity index (χ4n) is 7.01. The molecule has 273 valence electrons. The van der Waals surface area contributed by atoms with Gasteiger partial charge in [0.1, 0.15) is 5.58 Å². The van der Waals surface area contributed by atoms with Gasteiger partial charge in [-0.1, -0.05) is 142 Å². The second-order valence-corrected chi connectivity index (χ2v) is 20.3. The van der Waals surface area contributed by atoms with E-state index in [1.165, 1.54) is 27.4 Å². The van der Waals surface area contributed by atoms with Crippen LogP contribution in [0.5, 0.6) is 0 Å². The van der Waals surface area contributed by atoms with Crippen molar-refractivity contribution in [2.24, 2.45) is 5.92 Å².